The van der Waals surface area contributed by atoms with Gasteiger partial charge in [-0.3, -0.25) is 0 Å². The fourth-order valence-electron chi connectivity index (χ4n) is 3.13. The topological polar surface area (TPSA) is 81.0 Å². The lowest BCUT2D eigenvalue weighted by Gasteiger charge is -2.11. The summed E-state index contributed by atoms with van der Waals surface area (Å²) in [6, 6.07) is 7.20. The van der Waals surface area contributed by atoms with E-state index in [1.807, 2.05) is 17.5 Å². The Morgan fingerprint density at radius 2 is 2.03 bits per heavy atom. The average molecular weight is 448 g/mol. The zero-order valence-electron chi connectivity index (χ0n) is 16.4. The minimum Gasteiger partial charge on any atom is -0.327 e. The Bertz CT molecular complexity index is 1280. The molecule has 1 aromatic carbocycles. The fourth-order valence-corrected chi connectivity index (χ4v) is 5.78. The highest BCUT2D eigenvalue weighted by molar-refractivity contribution is 7.98. The molecule has 0 aliphatic heterocycles. The van der Waals surface area contributed by atoms with Gasteiger partial charge in [0.15, 0.2) is 0 Å². The van der Waals surface area contributed by atoms with E-state index < -0.39 is 10.0 Å². The highest BCUT2D eigenvalue weighted by atomic mass is 32.2. The maximum Gasteiger partial charge on any atom is 0.242 e. The van der Waals surface area contributed by atoms with Crippen molar-refractivity contribution in [3.05, 3.63) is 41.8 Å². The number of sulfonamides is 1. The maximum atomic E-state index is 12.5. The number of aryl methyl sites for hydroxylation is 1. The number of thiophene rings is 1. The van der Waals surface area contributed by atoms with Gasteiger partial charge in [0.05, 0.1) is 21.7 Å². The molecule has 29 heavy (non-hydrogen) atoms. The Labute approximate surface area is 177 Å². The van der Waals surface area contributed by atoms with E-state index in [1.54, 1.807) is 41.6 Å². The van der Waals surface area contributed by atoms with Crippen LogP contribution in [0.25, 0.3) is 21.3 Å². The summed E-state index contributed by atoms with van der Waals surface area (Å²) in [6.07, 6.45) is 2.55. The third-order valence-electron chi connectivity index (χ3n) is 4.59. The first kappa shape index (κ1) is 20.3. The van der Waals surface area contributed by atoms with Crippen LogP contribution in [0.2, 0.25) is 0 Å². The van der Waals surface area contributed by atoms with Crippen molar-refractivity contribution in [2.75, 3.05) is 14.1 Å². The van der Waals surface area contributed by atoms with Crippen molar-refractivity contribution in [3.63, 3.8) is 0 Å². The smallest absolute Gasteiger partial charge is 0.242 e. The van der Waals surface area contributed by atoms with E-state index in [1.165, 1.54) is 18.4 Å². The summed E-state index contributed by atoms with van der Waals surface area (Å²) in [4.78, 5) is 14.7. The van der Waals surface area contributed by atoms with Crippen LogP contribution in [-0.2, 0) is 22.3 Å². The van der Waals surface area contributed by atoms with Crippen molar-refractivity contribution in [3.8, 4) is 0 Å². The summed E-state index contributed by atoms with van der Waals surface area (Å²) in [7, 11) is -0.430. The third-order valence-corrected chi connectivity index (χ3v) is 8.22. The zero-order valence-corrected chi connectivity index (χ0v) is 18.8. The number of fused-ring (bicyclic) bond motifs is 2. The molecule has 152 valence electrons. The lowest BCUT2D eigenvalue weighted by molar-refractivity contribution is 0.521. The van der Waals surface area contributed by atoms with Crippen molar-refractivity contribution in [2.24, 2.45) is 0 Å². The van der Waals surface area contributed by atoms with Gasteiger partial charge in [-0.15, -0.1) is 11.3 Å². The minimum absolute atomic E-state index is 0.256. The van der Waals surface area contributed by atoms with Crippen LogP contribution in [0.1, 0.15) is 19.2 Å². The van der Waals surface area contributed by atoms with Crippen molar-refractivity contribution < 1.29 is 8.42 Å². The van der Waals surface area contributed by atoms with E-state index in [0.717, 1.165) is 39.5 Å². The van der Waals surface area contributed by atoms with E-state index >= 15 is 0 Å². The van der Waals surface area contributed by atoms with Gasteiger partial charge in [-0.2, -0.15) is 0 Å². The number of aromatic nitrogens is 4. The molecule has 0 radical (unpaired) electrons. The van der Waals surface area contributed by atoms with E-state index in [4.69, 9.17) is 4.98 Å². The molecule has 0 N–H and O–H groups in total. The molecule has 0 unspecified atom stereocenters. The number of rotatable bonds is 7. The summed E-state index contributed by atoms with van der Waals surface area (Å²) in [5.74, 6) is 1.56. The number of thioether (sulfide) groups is 1. The first-order valence-electron chi connectivity index (χ1n) is 9.14. The van der Waals surface area contributed by atoms with Crippen LogP contribution in [0.3, 0.4) is 0 Å². The normalized spacial score (nSPS) is 12.4. The summed E-state index contributed by atoms with van der Waals surface area (Å²) >= 11 is 3.22. The number of nitrogens with zero attached hydrogens (tertiary/aromatic N) is 5. The van der Waals surface area contributed by atoms with Crippen LogP contribution in [0.4, 0.5) is 0 Å². The summed E-state index contributed by atoms with van der Waals surface area (Å²) < 4.78 is 28.3. The fraction of sp³-hybridized carbons (Fsp3) is 0.316. The number of hydrogen-bond acceptors (Lipinski definition) is 7. The lowest BCUT2D eigenvalue weighted by Crippen LogP contribution is -2.22. The van der Waals surface area contributed by atoms with Crippen molar-refractivity contribution in [2.45, 2.75) is 35.6 Å². The largest absolute Gasteiger partial charge is 0.327 e. The molecule has 0 fully saturated rings. The summed E-state index contributed by atoms with van der Waals surface area (Å²) in [5, 5.41) is 4.00. The van der Waals surface area contributed by atoms with Gasteiger partial charge in [0, 0.05) is 26.0 Å². The van der Waals surface area contributed by atoms with Gasteiger partial charge >= 0.3 is 0 Å². The van der Waals surface area contributed by atoms with Gasteiger partial charge in [0.2, 0.25) is 10.0 Å². The van der Waals surface area contributed by atoms with Gasteiger partial charge < -0.3 is 4.57 Å². The molecule has 0 spiro atoms. The summed E-state index contributed by atoms with van der Waals surface area (Å²) in [6.45, 7) is 2.94. The third kappa shape index (κ3) is 3.77. The number of benzene rings is 1. The van der Waals surface area contributed by atoms with Gasteiger partial charge in [0.25, 0.3) is 0 Å². The molecule has 0 saturated carbocycles. The molecule has 0 aliphatic carbocycles. The Balaban J connectivity index is 1.71. The molecular formula is C19H21N5O2S3. The van der Waals surface area contributed by atoms with Crippen LogP contribution >= 0.6 is 23.1 Å². The predicted octanol–water partition coefficient (Wildman–Crippen LogP) is 3.99. The standard InChI is InChI=1S/C19H21N5O2S3/c1-4-8-24-16-6-5-13(29(25,26)23(2)3)10-15(16)22-17(24)11-28-19-14-7-9-27-18(14)20-12-21-19/h5-7,9-10,12H,4,8,11H2,1-3H3. The van der Waals surface area contributed by atoms with Crippen LogP contribution in [0, 0.1) is 0 Å². The van der Waals surface area contributed by atoms with Crippen LogP contribution in [0.15, 0.2) is 45.9 Å². The molecule has 3 heterocycles. The van der Waals surface area contributed by atoms with Gasteiger partial charge in [-0.1, -0.05) is 18.7 Å². The van der Waals surface area contributed by atoms with Crippen molar-refractivity contribution >= 4 is 54.4 Å². The molecule has 0 saturated heterocycles. The Hall–Kier alpha value is -2.01. The molecule has 10 heteroatoms. The van der Waals surface area contributed by atoms with Crippen LogP contribution in [0.5, 0.6) is 0 Å². The second-order valence-corrected chi connectivity index (χ2v) is 10.7. The van der Waals surface area contributed by atoms with E-state index in [9.17, 15) is 8.42 Å². The highest BCUT2D eigenvalue weighted by Gasteiger charge is 2.20. The molecule has 0 atom stereocenters. The van der Waals surface area contributed by atoms with Gasteiger partial charge in [0.1, 0.15) is 22.0 Å². The molecule has 7 nitrogen and oxygen atoms in total. The second-order valence-electron chi connectivity index (χ2n) is 6.72. The molecular weight excluding hydrogens is 426 g/mol. The average Bonchev–Trinajstić information content (AvgIpc) is 3.31. The zero-order chi connectivity index (χ0) is 20.6. The van der Waals surface area contributed by atoms with Gasteiger partial charge in [-0.25, -0.2) is 27.7 Å². The van der Waals surface area contributed by atoms with Crippen molar-refractivity contribution in [1.82, 2.24) is 23.8 Å². The second kappa shape index (κ2) is 8.02. The Morgan fingerprint density at radius 1 is 1.21 bits per heavy atom. The first-order chi connectivity index (χ1) is 13.9. The quantitative estimate of drug-likeness (QED) is 0.315. The van der Waals surface area contributed by atoms with Gasteiger partial charge in [-0.05, 0) is 36.1 Å². The molecule has 0 aliphatic rings. The monoisotopic (exact) mass is 447 g/mol. The maximum absolute atomic E-state index is 12.5. The van der Waals surface area contributed by atoms with E-state index in [0.29, 0.717) is 11.3 Å². The molecule has 4 aromatic rings. The predicted molar refractivity (Wildman–Crippen MR) is 118 cm³/mol. The molecule has 0 bridgehead atoms. The van der Waals surface area contributed by atoms with Crippen LogP contribution in [-0.4, -0.2) is 46.3 Å². The minimum atomic E-state index is -3.49. The Kier molecular flexibility index (Phi) is 5.60. The van der Waals surface area contributed by atoms with E-state index in [2.05, 4.69) is 21.5 Å². The molecule has 3 aromatic heterocycles. The van der Waals surface area contributed by atoms with Crippen LogP contribution < -0.4 is 0 Å². The Morgan fingerprint density at radius 3 is 2.79 bits per heavy atom. The summed E-state index contributed by atoms with van der Waals surface area (Å²) in [5.41, 5.74) is 1.64. The first-order valence-corrected chi connectivity index (χ1v) is 12.4. The lowest BCUT2D eigenvalue weighted by atomic mass is 10.3. The SMILES string of the molecule is CCCn1c(CSc2ncnc3sccc23)nc2cc(S(=O)(=O)N(C)C)ccc21. The molecule has 4 rings (SSSR count). The van der Waals surface area contributed by atoms with Crippen molar-refractivity contribution in [1.29, 1.82) is 0 Å². The molecule has 0 amide bonds. The number of hydrogen-bond donors (Lipinski definition) is 0. The van der Waals surface area contributed by atoms with E-state index in [-0.39, 0.29) is 4.90 Å². The number of imidazole rings is 1. The highest BCUT2D eigenvalue weighted by Crippen LogP contribution is 2.31.